The molecule has 0 amide bonds. The summed E-state index contributed by atoms with van der Waals surface area (Å²) >= 11 is 2.56. The predicted octanol–water partition coefficient (Wildman–Crippen LogP) is 1.21. The first-order chi connectivity index (χ1) is 4.81. The molecular weight excluding hydrogens is 239 g/mol. The summed E-state index contributed by atoms with van der Waals surface area (Å²) in [6, 6.07) is 0. The summed E-state index contributed by atoms with van der Waals surface area (Å²) in [6.45, 7) is 1.16. The van der Waals surface area contributed by atoms with E-state index >= 15 is 0 Å². The highest BCUT2D eigenvalue weighted by Crippen LogP contribution is 2.37. The van der Waals surface area contributed by atoms with E-state index in [9.17, 15) is 0 Å². The minimum Gasteiger partial charge on any atom is -0.257 e. The van der Waals surface area contributed by atoms with Gasteiger partial charge in [0.05, 0.1) is 0 Å². The first-order valence-electron chi connectivity index (χ1n) is 3.95. The Morgan fingerprint density at radius 1 is 1.40 bits per heavy atom. The molecule has 0 bridgehead atoms. The van der Waals surface area contributed by atoms with Gasteiger partial charge >= 0.3 is 0 Å². The van der Waals surface area contributed by atoms with E-state index in [1.807, 2.05) is 0 Å². The summed E-state index contributed by atoms with van der Waals surface area (Å²) in [5.74, 6) is 0. The van der Waals surface area contributed by atoms with Crippen LogP contribution in [0.2, 0.25) is 0 Å². The molecule has 0 aromatic heterocycles. The lowest BCUT2D eigenvalue weighted by Crippen LogP contribution is -2.41. The van der Waals surface area contributed by atoms with Gasteiger partial charge in [0.25, 0.3) is 0 Å². The third-order valence-electron chi connectivity index (χ3n) is 2.63. The maximum absolute atomic E-state index is 3.41. The molecular formula is C7H13IN2. The van der Waals surface area contributed by atoms with Gasteiger partial charge in [0.15, 0.2) is 0 Å². The quantitative estimate of drug-likeness (QED) is 0.500. The Morgan fingerprint density at radius 3 is 2.80 bits per heavy atom. The number of alkyl halides is 1. The van der Waals surface area contributed by atoms with Crippen LogP contribution in [0.15, 0.2) is 0 Å². The molecule has 3 heteroatoms. The number of nitrogens with one attached hydrogen (secondary N) is 2. The first-order valence-corrected chi connectivity index (χ1v) is 5.19. The average molecular weight is 252 g/mol. The molecule has 0 radical (unpaired) electrons. The summed E-state index contributed by atoms with van der Waals surface area (Å²) in [7, 11) is 0. The minimum atomic E-state index is 0.492. The molecule has 2 fully saturated rings. The average Bonchev–Trinajstić information content (AvgIpc) is 2.46. The van der Waals surface area contributed by atoms with Crippen molar-refractivity contribution in [3.8, 4) is 0 Å². The normalized spacial score (nSPS) is 47.1. The Balaban J connectivity index is 2.03. The molecule has 10 heavy (non-hydrogen) atoms. The molecule has 58 valence electrons. The zero-order valence-corrected chi connectivity index (χ0v) is 8.15. The fourth-order valence-electron chi connectivity index (χ4n) is 2.02. The fourth-order valence-corrected chi connectivity index (χ4v) is 3.17. The molecule has 2 rings (SSSR count). The fraction of sp³-hybridized carbons (Fsp3) is 1.00. The van der Waals surface area contributed by atoms with Gasteiger partial charge in [-0.15, -0.1) is 0 Å². The van der Waals surface area contributed by atoms with Gasteiger partial charge in [0.2, 0.25) is 0 Å². The van der Waals surface area contributed by atoms with E-state index in [0.29, 0.717) is 5.54 Å². The summed E-state index contributed by atoms with van der Waals surface area (Å²) < 4.78 is 0.907. The van der Waals surface area contributed by atoms with Gasteiger partial charge in [-0.25, -0.2) is 0 Å². The molecule has 2 unspecified atom stereocenters. The lowest BCUT2D eigenvalue weighted by Gasteiger charge is -2.21. The van der Waals surface area contributed by atoms with Crippen LogP contribution >= 0.6 is 22.6 Å². The molecule has 2 nitrogen and oxygen atoms in total. The molecule has 0 aromatic carbocycles. The van der Waals surface area contributed by atoms with E-state index in [0.717, 1.165) is 10.5 Å². The lowest BCUT2D eigenvalue weighted by molar-refractivity contribution is 0.368. The molecule has 1 spiro atoms. The Labute approximate surface area is 75.2 Å². The minimum absolute atomic E-state index is 0.492. The second-order valence-electron chi connectivity index (χ2n) is 3.42. The van der Waals surface area contributed by atoms with Crippen molar-refractivity contribution in [2.24, 2.45) is 0 Å². The van der Waals surface area contributed by atoms with Gasteiger partial charge in [-0.05, 0) is 25.7 Å². The first kappa shape index (κ1) is 7.31. The molecule has 1 saturated heterocycles. The van der Waals surface area contributed by atoms with Crippen molar-refractivity contribution >= 4 is 22.6 Å². The van der Waals surface area contributed by atoms with Crippen LogP contribution in [0.5, 0.6) is 0 Å². The Hall–Kier alpha value is 0.650. The van der Waals surface area contributed by atoms with E-state index in [1.54, 1.807) is 0 Å². The zero-order valence-electron chi connectivity index (χ0n) is 5.99. The summed E-state index contributed by atoms with van der Waals surface area (Å²) in [5.41, 5.74) is 7.12. The highest BCUT2D eigenvalue weighted by molar-refractivity contribution is 14.1. The molecule has 2 N–H and O–H groups in total. The van der Waals surface area contributed by atoms with Crippen molar-refractivity contribution in [1.29, 1.82) is 0 Å². The Morgan fingerprint density at radius 2 is 2.30 bits per heavy atom. The number of rotatable bonds is 0. The van der Waals surface area contributed by atoms with Crippen LogP contribution < -0.4 is 10.9 Å². The molecule has 1 heterocycles. The van der Waals surface area contributed by atoms with E-state index in [4.69, 9.17) is 0 Å². The van der Waals surface area contributed by atoms with Crippen molar-refractivity contribution in [3.05, 3.63) is 0 Å². The largest absolute Gasteiger partial charge is 0.257 e. The van der Waals surface area contributed by atoms with Gasteiger partial charge in [-0.1, -0.05) is 22.6 Å². The van der Waals surface area contributed by atoms with Crippen molar-refractivity contribution in [2.45, 2.75) is 35.1 Å². The van der Waals surface area contributed by atoms with Gasteiger partial charge in [-0.2, -0.15) is 0 Å². The molecule has 1 saturated carbocycles. The van der Waals surface area contributed by atoms with Gasteiger partial charge in [0.1, 0.15) is 0 Å². The van der Waals surface area contributed by atoms with Gasteiger partial charge in [0, 0.05) is 16.0 Å². The predicted molar refractivity (Wildman–Crippen MR) is 50.1 cm³/mol. The van der Waals surface area contributed by atoms with Crippen molar-refractivity contribution in [2.75, 3.05) is 6.54 Å². The van der Waals surface area contributed by atoms with Crippen LogP contribution in [0.4, 0.5) is 0 Å². The number of hydrogen-bond donors (Lipinski definition) is 2. The summed E-state index contributed by atoms with van der Waals surface area (Å²) in [6.07, 6.45) is 5.45. The lowest BCUT2D eigenvalue weighted by atomic mass is 9.96. The third kappa shape index (κ3) is 1.19. The van der Waals surface area contributed by atoms with E-state index in [1.165, 1.54) is 25.7 Å². The second-order valence-corrected chi connectivity index (χ2v) is 5.18. The molecule has 0 aromatic rings. The topological polar surface area (TPSA) is 24.1 Å². The number of hydrogen-bond acceptors (Lipinski definition) is 2. The molecule has 2 aliphatic rings. The van der Waals surface area contributed by atoms with Crippen LogP contribution in [0.3, 0.4) is 0 Å². The highest BCUT2D eigenvalue weighted by Gasteiger charge is 2.39. The zero-order chi connectivity index (χ0) is 7.03. The Bertz CT molecular complexity index is 132. The monoisotopic (exact) mass is 252 g/mol. The van der Waals surface area contributed by atoms with Crippen molar-refractivity contribution in [3.63, 3.8) is 0 Å². The number of hydrazine groups is 1. The SMILES string of the molecule is IC1CCC2(CCNN2)C1. The van der Waals surface area contributed by atoms with Gasteiger partial charge < -0.3 is 0 Å². The van der Waals surface area contributed by atoms with Crippen LogP contribution in [0.1, 0.15) is 25.7 Å². The summed E-state index contributed by atoms with van der Waals surface area (Å²) in [5, 5.41) is 0. The van der Waals surface area contributed by atoms with Crippen molar-refractivity contribution < 1.29 is 0 Å². The van der Waals surface area contributed by atoms with E-state index in [-0.39, 0.29) is 0 Å². The van der Waals surface area contributed by atoms with E-state index in [2.05, 4.69) is 33.4 Å². The van der Waals surface area contributed by atoms with Crippen molar-refractivity contribution in [1.82, 2.24) is 10.9 Å². The van der Waals surface area contributed by atoms with Crippen LogP contribution in [0.25, 0.3) is 0 Å². The smallest absolute Gasteiger partial charge is 0.0346 e. The molecule has 1 aliphatic heterocycles. The van der Waals surface area contributed by atoms with Crippen LogP contribution in [-0.2, 0) is 0 Å². The van der Waals surface area contributed by atoms with Crippen LogP contribution in [-0.4, -0.2) is 16.0 Å². The Kier molecular flexibility index (Phi) is 1.90. The highest BCUT2D eigenvalue weighted by atomic mass is 127. The second kappa shape index (κ2) is 2.60. The maximum Gasteiger partial charge on any atom is 0.0346 e. The van der Waals surface area contributed by atoms with Crippen LogP contribution in [0, 0.1) is 0 Å². The maximum atomic E-state index is 3.41. The van der Waals surface area contributed by atoms with E-state index < -0.39 is 0 Å². The van der Waals surface area contributed by atoms with Gasteiger partial charge in [-0.3, -0.25) is 10.9 Å². The third-order valence-corrected chi connectivity index (χ3v) is 3.69. The molecule has 2 atom stereocenters. The number of halogens is 1. The standard InChI is InChI=1S/C7H13IN2/c8-6-1-2-7(5-6)3-4-9-10-7/h6,9-10H,1-5H2. The molecule has 1 aliphatic carbocycles. The summed E-state index contributed by atoms with van der Waals surface area (Å²) in [4.78, 5) is 0.